The minimum atomic E-state index is -1.00. The van der Waals surface area contributed by atoms with Crippen molar-refractivity contribution in [1.82, 2.24) is 14.6 Å². The standard InChI is InChI=1S/C12H14N4O2/c17-12(18)9-7-13-16-6-5-10(15-11(9)16)14-8-3-1-2-4-8/h5-8H,1-4H2,(H,14,15)(H,17,18). The Morgan fingerprint density at radius 3 is 2.94 bits per heavy atom. The van der Waals surface area contributed by atoms with E-state index >= 15 is 0 Å². The molecule has 2 aromatic heterocycles. The molecule has 0 bridgehead atoms. The summed E-state index contributed by atoms with van der Waals surface area (Å²) < 4.78 is 1.48. The molecule has 1 saturated carbocycles. The zero-order valence-corrected chi connectivity index (χ0v) is 9.83. The average Bonchev–Trinajstić information content (AvgIpc) is 2.97. The second-order valence-corrected chi connectivity index (χ2v) is 4.57. The normalized spacial score (nSPS) is 16.2. The molecule has 94 valence electrons. The maximum atomic E-state index is 11.0. The van der Waals surface area contributed by atoms with Crippen LogP contribution in [0, 0.1) is 0 Å². The first-order valence-corrected chi connectivity index (χ1v) is 6.08. The van der Waals surface area contributed by atoms with Crippen LogP contribution in [0.5, 0.6) is 0 Å². The summed E-state index contributed by atoms with van der Waals surface area (Å²) in [5, 5.41) is 16.3. The van der Waals surface area contributed by atoms with E-state index in [-0.39, 0.29) is 5.56 Å². The number of aromatic nitrogens is 3. The molecule has 6 nitrogen and oxygen atoms in total. The van der Waals surface area contributed by atoms with E-state index in [9.17, 15) is 4.79 Å². The Balaban J connectivity index is 1.93. The first kappa shape index (κ1) is 11.0. The van der Waals surface area contributed by atoms with Gasteiger partial charge in [0.25, 0.3) is 0 Å². The highest BCUT2D eigenvalue weighted by Gasteiger charge is 2.17. The number of hydrogen-bond acceptors (Lipinski definition) is 4. The zero-order chi connectivity index (χ0) is 12.5. The first-order valence-electron chi connectivity index (χ1n) is 6.08. The lowest BCUT2D eigenvalue weighted by Crippen LogP contribution is -2.15. The quantitative estimate of drug-likeness (QED) is 0.863. The summed E-state index contributed by atoms with van der Waals surface area (Å²) in [7, 11) is 0. The van der Waals surface area contributed by atoms with Gasteiger partial charge in [0.1, 0.15) is 11.4 Å². The fraction of sp³-hybridized carbons (Fsp3) is 0.417. The molecule has 0 aliphatic heterocycles. The highest BCUT2D eigenvalue weighted by atomic mass is 16.4. The van der Waals surface area contributed by atoms with Gasteiger partial charge in [0.05, 0.1) is 6.20 Å². The van der Waals surface area contributed by atoms with Gasteiger partial charge in [-0.15, -0.1) is 0 Å². The Kier molecular flexibility index (Phi) is 2.62. The van der Waals surface area contributed by atoms with E-state index < -0.39 is 5.97 Å². The second-order valence-electron chi connectivity index (χ2n) is 4.57. The molecular weight excluding hydrogens is 232 g/mol. The van der Waals surface area contributed by atoms with E-state index in [1.165, 1.54) is 23.6 Å². The second kappa shape index (κ2) is 4.29. The van der Waals surface area contributed by atoms with Gasteiger partial charge in [-0.05, 0) is 18.9 Å². The SMILES string of the molecule is O=C(O)c1cnn2ccc(NC3CCCC3)nc12. The van der Waals surface area contributed by atoms with Crippen LogP contribution in [0.25, 0.3) is 5.65 Å². The maximum absolute atomic E-state index is 11.0. The summed E-state index contributed by atoms with van der Waals surface area (Å²) in [6.45, 7) is 0. The molecule has 0 unspecified atom stereocenters. The molecule has 3 rings (SSSR count). The number of hydrogen-bond donors (Lipinski definition) is 2. The Morgan fingerprint density at radius 2 is 2.22 bits per heavy atom. The monoisotopic (exact) mass is 246 g/mol. The van der Waals surface area contributed by atoms with Crippen molar-refractivity contribution in [2.45, 2.75) is 31.7 Å². The van der Waals surface area contributed by atoms with E-state index in [4.69, 9.17) is 5.11 Å². The molecule has 18 heavy (non-hydrogen) atoms. The molecule has 2 heterocycles. The highest BCUT2D eigenvalue weighted by Crippen LogP contribution is 2.21. The molecule has 0 saturated heterocycles. The Hall–Kier alpha value is -2.11. The number of rotatable bonds is 3. The van der Waals surface area contributed by atoms with E-state index in [0.29, 0.717) is 11.7 Å². The van der Waals surface area contributed by atoms with Gasteiger partial charge in [-0.1, -0.05) is 12.8 Å². The minimum absolute atomic E-state index is 0.130. The van der Waals surface area contributed by atoms with Crippen molar-refractivity contribution in [3.63, 3.8) is 0 Å². The third-order valence-electron chi connectivity index (χ3n) is 3.31. The summed E-state index contributed by atoms with van der Waals surface area (Å²) in [5.41, 5.74) is 0.510. The smallest absolute Gasteiger partial charge is 0.341 e. The maximum Gasteiger partial charge on any atom is 0.341 e. The lowest BCUT2D eigenvalue weighted by atomic mass is 10.2. The van der Waals surface area contributed by atoms with Crippen molar-refractivity contribution in [3.8, 4) is 0 Å². The molecule has 2 N–H and O–H groups in total. The number of carboxylic acid groups (broad SMARTS) is 1. The molecule has 1 fully saturated rings. The van der Waals surface area contributed by atoms with E-state index in [0.717, 1.165) is 18.7 Å². The molecular formula is C12H14N4O2. The van der Waals surface area contributed by atoms with Crippen LogP contribution in [-0.2, 0) is 0 Å². The molecule has 1 aliphatic carbocycles. The predicted molar refractivity (Wildman–Crippen MR) is 65.8 cm³/mol. The number of nitrogens with one attached hydrogen (secondary N) is 1. The molecule has 1 aliphatic rings. The van der Waals surface area contributed by atoms with Crippen LogP contribution >= 0.6 is 0 Å². The summed E-state index contributed by atoms with van der Waals surface area (Å²) in [6.07, 6.45) is 7.84. The van der Waals surface area contributed by atoms with Crippen LogP contribution in [0.3, 0.4) is 0 Å². The Morgan fingerprint density at radius 1 is 1.44 bits per heavy atom. The van der Waals surface area contributed by atoms with Gasteiger partial charge in [-0.3, -0.25) is 0 Å². The van der Waals surface area contributed by atoms with Crippen molar-refractivity contribution in [2.75, 3.05) is 5.32 Å². The topological polar surface area (TPSA) is 79.5 Å². The van der Waals surface area contributed by atoms with Crippen molar-refractivity contribution >= 4 is 17.4 Å². The molecule has 2 aromatic rings. The van der Waals surface area contributed by atoms with Crippen LogP contribution in [0.1, 0.15) is 36.0 Å². The van der Waals surface area contributed by atoms with Crippen molar-refractivity contribution in [1.29, 1.82) is 0 Å². The van der Waals surface area contributed by atoms with Gasteiger partial charge < -0.3 is 10.4 Å². The number of nitrogens with zero attached hydrogens (tertiary/aromatic N) is 3. The first-order chi connectivity index (χ1) is 8.74. The number of aromatic carboxylic acids is 1. The largest absolute Gasteiger partial charge is 0.477 e. The Labute approximate surface area is 104 Å². The third kappa shape index (κ3) is 1.90. The van der Waals surface area contributed by atoms with Crippen LogP contribution in [0.15, 0.2) is 18.5 Å². The van der Waals surface area contributed by atoms with Crippen LogP contribution < -0.4 is 5.32 Å². The van der Waals surface area contributed by atoms with Crippen molar-refractivity contribution < 1.29 is 9.90 Å². The number of fused-ring (bicyclic) bond motifs is 1. The highest BCUT2D eigenvalue weighted by molar-refractivity contribution is 5.94. The lowest BCUT2D eigenvalue weighted by molar-refractivity contribution is 0.0699. The summed E-state index contributed by atoms with van der Waals surface area (Å²) in [6, 6.07) is 2.28. The summed E-state index contributed by atoms with van der Waals surface area (Å²) >= 11 is 0. The van der Waals surface area contributed by atoms with Crippen LogP contribution in [0.2, 0.25) is 0 Å². The average molecular weight is 246 g/mol. The van der Waals surface area contributed by atoms with Crippen LogP contribution in [-0.4, -0.2) is 31.7 Å². The third-order valence-corrected chi connectivity index (χ3v) is 3.31. The van der Waals surface area contributed by atoms with Gasteiger partial charge in [0, 0.05) is 12.2 Å². The van der Waals surface area contributed by atoms with E-state index in [2.05, 4.69) is 15.4 Å². The van der Waals surface area contributed by atoms with Gasteiger partial charge in [0.2, 0.25) is 0 Å². The summed E-state index contributed by atoms with van der Waals surface area (Å²) in [5.74, 6) is -0.284. The molecule has 0 spiro atoms. The number of anilines is 1. The number of carbonyl (C=O) groups is 1. The molecule has 0 aromatic carbocycles. The van der Waals surface area contributed by atoms with E-state index in [1.807, 2.05) is 6.07 Å². The minimum Gasteiger partial charge on any atom is -0.477 e. The lowest BCUT2D eigenvalue weighted by Gasteiger charge is -2.12. The predicted octanol–water partition coefficient (Wildman–Crippen LogP) is 1.78. The van der Waals surface area contributed by atoms with Gasteiger partial charge in [0.15, 0.2) is 5.65 Å². The fourth-order valence-corrected chi connectivity index (χ4v) is 2.38. The summed E-state index contributed by atoms with van der Waals surface area (Å²) in [4.78, 5) is 15.3. The van der Waals surface area contributed by atoms with Gasteiger partial charge in [-0.25, -0.2) is 14.3 Å². The molecule has 0 atom stereocenters. The molecule has 0 radical (unpaired) electrons. The van der Waals surface area contributed by atoms with Gasteiger partial charge >= 0.3 is 5.97 Å². The Bertz CT molecular complexity index is 587. The van der Waals surface area contributed by atoms with Gasteiger partial charge in [-0.2, -0.15) is 5.10 Å². The number of carboxylic acids is 1. The fourth-order valence-electron chi connectivity index (χ4n) is 2.38. The van der Waals surface area contributed by atoms with Crippen molar-refractivity contribution in [2.24, 2.45) is 0 Å². The van der Waals surface area contributed by atoms with E-state index in [1.54, 1.807) is 6.20 Å². The molecule has 0 amide bonds. The van der Waals surface area contributed by atoms with Crippen LogP contribution in [0.4, 0.5) is 5.82 Å². The molecule has 6 heteroatoms. The zero-order valence-electron chi connectivity index (χ0n) is 9.83. The van der Waals surface area contributed by atoms with Crippen molar-refractivity contribution in [3.05, 3.63) is 24.0 Å².